The second-order valence-corrected chi connectivity index (χ2v) is 4.56. The summed E-state index contributed by atoms with van der Waals surface area (Å²) in [7, 11) is 0. The van der Waals surface area contributed by atoms with Crippen molar-refractivity contribution in [2.24, 2.45) is 0 Å². The molecule has 2 rings (SSSR count). The number of hydrogen-bond acceptors (Lipinski definition) is 3. The van der Waals surface area contributed by atoms with Crippen molar-refractivity contribution < 1.29 is 27.9 Å². The van der Waals surface area contributed by atoms with E-state index in [2.05, 4.69) is 5.10 Å². The Morgan fingerprint density at radius 3 is 2.65 bits per heavy atom. The summed E-state index contributed by atoms with van der Waals surface area (Å²) >= 11 is 0. The molecule has 1 aliphatic rings. The van der Waals surface area contributed by atoms with Gasteiger partial charge in [-0.15, -0.1) is 0 Å². The van der Waals surface area contributed by atoms with E-state index >= 15 is 0 Å². The van der Waals surface area contributed by atoms with Crippen molar-refractivity contribution in [3.05, 3.63) is 18.0 Å². The van der Waals surface area contributed by atoms with Crippen LogP contribution in [-0.4, -0.2) is 50.9 Å². The van der Waals surface area contributed by atoms with Crippen LogP contribution in [0.4, 0.5) is 13.2 Å². The minimum absolute atomic E-state index is 0.0377. The Balaban J connectivity index is 2.10. The van der Waals surface area contributed by atoms with Crippen LogP contribution in [0.5, 0.6) is 0 Å². The molecule has 1 amide bonds. The summed E-state index contributed by atoms with van der Waals surface area (Å²) in [6.45, 7) is -0.0824. The second kappa shape index (κ2) is 5.14. The van der Waals surface area contributed by atoms with Crippen LogP contribution >= 0.6 is 0 Å². The largest absolute Gasteiger partial charge is 0.478 e. The van der Waals surface area contributed by atoms with E-state index in [0.29, 0.717) is 12.8 Å². The van der Waals surface area contributed by atoms with Crippen molar-refractivity contribution in [3.63, 3.8) is 0 Å². The Hall–Kier alpha value is -2.06. The van der Waals surface area contributed by atoms with Gasteiger partial charge in [-0.2, -0.15) is 18.3 Å². The molecule has 20 heavy (non-hydrogen) atoms. The smallest absolute Gasteiger partial charge is 0.471 e. The number of hydrogen-bond donors (Lipinski definition) is 1. The number of rotatable bonds is 2. The number of carboxylic acids is 1. The van der Waals surface area contributed by atoms with E-state index in [1.54, 1.807) is 0 Å². The van der Waals surface area contributed by atoms with Gasteiger partial charge in [0.2, 0.25) is 0 Å². The zero-order valence-corrected chi connectivity index (χ0v) is 10.3. The third kappa shape index (κ3) is 2.91. The van der Waals surface area contributed by atoms with Gasteiger partial charge in [0, 0.05) is 19.3 Å². The van der Waals surface area contributed by atoms with Gasteiger partial charge in [0.25, 0.3) is 0 Å². The van der Waals surface area contributed by atoms with Gasteiger partial charge in [0.1, 0.15) is 0 Å². The van der Waals surface area contributed by atoms with Gasteiger partial charge >= 0.3 is 18.1 Å². The van der Waals surface area contributed by atoms with Crippen molar-refractivity contribution in [2.45, 2.75) is 25.1 Å². The van der Waals surface area contributed by atoms with Crippen molar-refractivity contribution in [3.8, 4) is 0 Å². The summed E-state index contributed by atoms with van der Waals surface area (Å²) in [5, 5.41) is 12.6. The second-order valence-electron chi connectivity index (χ2n) is 4.56. The quantitative estimate of drug-likeness (QED) is 0.891. The molecule has 1 aromatic rings. The van der Waals surface area contributed by atoms with Crippen molar-refractivity contribution in [2.75, 3.05) is 13.1 Å². The van der Waals surface area contributed by atoms with Gasteiger partial charge in [-0.3, -0.25) is 9.48 Å². The van der Waals surface area contributed by atoms with E-state index in [1.807, 2.05) is 0 Å². The zero-order valence-electron chi connectivity index (χ0n) is 10.3. The third-order valence-corrected chi connectivity index (χ3v) is 3.15. The Morgan fingerprint density at radius 2 is 2.10 bits per heavy atom. The van der Waals surface area contributed by atoms with E-state index in [-0.39, 0.29) is 18.7 Å². The van der Waals surface area contributed by atoms with Crippen LogP contribution in [0.25, 0.3) is 0 Å². The predicted octanol–water partition coefficient (Wildman–Crippen LogP) is 1.31. The lowest BCUT2D eigenvalue weighted by Gasteiger charge is -2.33. The summed E-state index contributed by atoms with van der Waals surface area (Å²) in [4.78, 5) is 22.7. The van der Waals surface area contributed by atoms with Crippen molar-refractivity contribution >= 4 is 11.9 Å². The monoisotopic (exact) mass is 291 g/mol. The lowest BCUT2D eigenvalue weighted by atomic mass is 10.1. The number of carboxylic acid groups (broad SMARTS) is 1. The van der Waals surface area contributed by atoms with E-state index in [1.165, 1.54) is 10.9 Å². The normalized spacial score (nSPS) is 19.9. The average molecular weight is 291 g/mol. The Morgan fingerprint density at radius 1 is 1.40 bits per heavy atom. The Labute approximate surface area is 111 Å². The molecular weight excluding hydrogens is 279 g/mol. The van der Waals surface area contributed by atoms with Crippen LogP contribution in [0.2, 0.25) is 0 Å². The summed E-state index contributed by atoms with van der Waals surface area (Å²) in [6.07, 6.45) is -1.54. The van der Waals surface area contributed by atoms with Gasteiger partial charge in [-0.25, -0.2) is 4.79 Å². The highest BCUT2D eigenvalue weighted by Gasteiger charge is 2.43. The fourth-order valence-corrected chi connectivity index (χ4v) is 2.18. The summed E-state index contributed by atoms with van der Waals surface area (Å²) in [5.41, 5.74) is -0.0377. The van der Waals surface area contributed by atoms with Gasteiger partial charge in [-0.05, 0) is 12.8 Å². The molecule has 0 radical (unpaired) electrons. The minimum atomic E-state index is -4.89. The molecule has 1 saturated heterocycles. The minimum Gasteiger partial charge on any atom is -0.478 e. The van der Waals surface area contributed by atoms with Crippen molar-refractivity contribution in [1.82, 2.24) is 14.7 Å². The van der Waals surface area contributed by atoms with Gasteiger partial charge < -0.3 is 10.0 Å². The van der Waals surface area contributed by atoms with E-state index in [4.69, 9.17) is 5.11 Å². The standard InChI is InChI=1S/C11H12F3N3O3/c12-11(13,14)10(20)16-3-1-2-8(6-16)17-5-7(4-15-17)9(18)19/h4-5,8H,1-3,6H2,(H,18,19). The molecule has 9 heteroatoms. The number of halogens is 3. The van der Waals surface area contributed by atoms with E-state index < -0.39 is 24.1 Å². The highest BCUT2D eigenvalue weighted by molar-refractivity contribution is 5.86. The number of nitrogens with zero attached hydrogens (tertiary/aromatic N) is 3. The number of aromatic carboxylic acids is 1. The topological polar surface area (TPSA) is 75.4 Å². The van der Waals surface area contributed by atoms with Gasteiger partial charge in [0.15, 0.2) is 0 Å². The number of carbonyl (C=O) groups is 2. The first-order chi connectivity index (χ1) is 9.29. The van der Waals surface area contributed by atoms with E-state index in [0.717, 1.165) is 11.1 Å². The molecule has 1 unspecified atom stereocenters. The lowest BCUT2D eigenvalue weighted by Crippen LogP contribution is -2.46. The SMILES string of the molecule is O=C(O)c1cnn(C2CCCN(C(=O)C(F)(F)F)C2)c1. The molecule has 1 atom stereocenters. The number of piperidine rings is 1. The number of aromatic nitrogens is 2. The first-order valence-electron chi connectivity index (χ1n) is 5.92. The molecule has 0 saturated carbocycles. The molecule has 2 heterocycles. The molecule has 1 aromatic heterocycles. The maximum absolute atomic E-state index is 12.4. The molecule has 0 spiro atoms. The molecule has 0 aromatic carbocycles. The van der Waals surface area contributed by atoms with Gasteiger partial charge in [0.05, 0.1) is 17.8 Å². The molecule has 1 N–H and O–H groups in total. The summed E-state index contributed by atoms with van der Waals surface area (Å²) in [5.74, 6) is -3.02. The van der Waals surface area contributed by atoms with Crippen LogP contribution in [0.1, 0.15) is 29.2 Å². The maximum Gasteiger partial charge on any atom is 0.471 e. The zero-order chi connectivity index (χ0) is 14.9. The average Bonchev–Trinajstić information content (AvgIpc) is 2.86. The number of likely N-dealkylation sites (tertiary alicyclic amines) is 1. The predicted molar refractivity (Wildman–Crippen MR) is 60.1 cm³/mol. The molecule has 110 valence electrons. The van der Waals surface area contributed by atoms with E-state index in [9.17, 15) is 22.8 Å². The number of alkyl halides is 3. The first kappa shape index (κ1) is 14.4. The van der Waals surface area contributed by atoms with Crippen molar-refractivity contribution in [1.29, 1.82) is 0 Å². The third-order valence-electron chi connectivity index (χ3n) is 3.15. The number of amides is 1. The highest BCUT2D eigenvalue weighted by Crippen LogP contribution is 2.26. The fourth-order valence-electron chi connectivity index (χ4n) is 2.18. The molecule has 0 bridgehead atoms. The summed E-state index contributed by atoms with van der Waals surface area (Å²) < 4.78 is 38.5. The molecule has 1 aliphatic heterocycles. The van der Waals surface area contributed by atoms with Crippen LogP contribution in [0, 0.1) is 0 Å². The summed E-state index contributed by atoms with van der Waals surface area (Å²) in [6, 6.07) is -0.442. The lowest BCUT2D eigenvalue weighted by molar-refractivity contribution is -0.187. The van der Waals surface area contributed by atoms with Crippen LogP contribution in [0.15, 0.2) is 12.4 Å². The van der Waals surface area contributed by atoms with Crippen LogP contribution in [-0.2, 0) is 4.79 Å². The van der Waals surface area contributed by atoms with Gasteiger partial charge in [-0.1, -0.05) is 0 Å². The number of carbonyl (C=O) groups excluding carboxylic acids is 1. The molecule has 6 nitrogen and oxygen atoms in total. The Kier molecular flexibility index (Phi) is 3.69. The molecule has 1 fully saturated rings. The molecular formula is C11H12F3N3O3. The maximum atomic E-state index is 12.4. The Bertz CT molecular complexity index is 526. The molecule has 0 aliphatic carbocycles. The highest BCUT2D eigenvalue weighted by atomic mass is 19.4. The van der Waals surface area contributed by atoms with Crippen LogP contribution < -0.4 is 0 Å². The fraction of sp³-hybridized carbons (Fsp3) is 0.545. The first-order valence-corrected chi connectivity index (χ1v) is 5.92. The van der Waals surface area contributed by atoms with Crippen LogP contribution in [0.3, 0.4) is 0 Å².